The van der Waals surface area contributed by atoms with E-state index in [0.717, 1.165) is 32.9 Å². The number of likely N-dealkylation sites (N-methyl/N-ethyl adjacent to an activating group) is 3. The molecular weight excluding hydrogens is 566 g/mol. The van der Waals surface area contributed by atoms with Gasteiger partial charge in [-0.25, -0.2) is 0 Å². The topological polar surface area (TPSA) is 181 Å². The van der Waals surface area contributed by atoms with Crippen LogP contribution in [0.15, 0.2) is 35.5 Å². The molecule has 13 heteroatoms. The number of carbonyl (C=O) groups excluding carboxylic acids is 6. The van der Waals surface area contributed by atoms with Crippen molar-refractivity contribution in [2.24, 2.45) is 17.8 Å². The van der Waals surface area contributed by atoms with Crippen LogP contribution in [-0.4, -0.2) is 92.1 Å². The standard InChI is InChI=1S/3C9H15NO3.Fe/c3*1-6(2)7(11)5-8(12)9(13)10(3)4;/h3*5-6,12H,1-4H3;/q;;;+3/p-3/b3*8-5-;. The molecule has 0 spiro atoms. The van der Waals surface area contributed by atoms with E-state index in [2.05, 4.69) is 0 Å². The average Bonchev–Trinajstić information content (AvgIpc) is 2.82. The molecule has 0 aliphatic rings. The monoisotopic (exact) mass is 608 g/mol. The first-order chi connectivity index (χ1) is 17.6. The van der Waals surface area contributed by atoms with Gasteiger partial charge in [-0.15, -0.1) is 0 Å². The van der Waals surface area contributed by atoms with Crippen molar-refractivity contribution in [1.82, 2.24) is 14.7 Å². The third-order valence-corrected chi connectivity index (χ3v) is 4.38. The van der Waals surface area contributed by atoms with E-state index in [1.54, 1.807) is 41.5 Å². The molecule has 0 N–H and O–H groups in total. The Morgan fingerprint density at radius 2 is 0.600 bits per heavy atom. The number of hydrogen-bond donors (Lipinski definition) is 0. The van der Waals surface area contributed by atoms with Gasteiger partial charge in [0.2, 0.25) is 17.7 Å². The van der Waals surface area contributed by atoms with E-state index in [-0.39, 0.29) is 52.2 Å². The zero-order valence-electron chi connectivity index (χ0n) is 25.3. The van der Waals surface area contributed by atoms with E-state index in [9.17, 15) is 44.1 Å². The SMILES string of the molecule is CC(C)C(=O)/C=C(\[O-])C(=O)N(C)C.CC(C)C(=O)/C=C(\[O-])C(=O)N(C)C.CC(C)C(=O)/C=C(\[O-])C(=O)N(C)C.[Fe+3]. The van der Waals surface area contributed by atoms with Crippen LogP contribution in [0.2, 0.25) is 0 Å². The Hall–Kier alpha value is -3.44. The summed E-state index contributed by atoms with van der Waals surface area (Å²) in [6, 6.07) is 0. The second-order valence-electron chi connectivity index (χ2n) is 9.80. The zero-order valence-corrected chi connectivity index (χ0v) is 26.4. The van der Waals surface area contributed by atoms with Crippen molar-refractivity contribution in [3.63, 3.8) is 0 Å². The molecule has 0 aliphatic carbocycles. The average molecular weight is 608 g/mol. The summed E-state index contributed by atoms with van der Waals surface area (Å²) in [5.41, 5.74) is 0. The minimum absolute atomic E-state index is 0. The molecule has 0 heterocycles. The first-order valence-corrected chi connectivity index (χ1v) is 12.0. The van der Waals surface area contributed by atoms with Crippen LogP contribution in [0.25, 0.3) is 0 Å². The number of hydrogen-bond acceptors (Lipinski definition) is 9. The predicted molar refractivity (Wildman–Crippen MR) is 140 cm³/mol. The third-order valence-electron chi connectivity index (χ3n) is 4.38. The van der Waals surface area contributed by atoms with Gasteiger partial charge < -0.3 is 30.0 Å². The fraction of sp³-hybridized carbons (Fsp3) is 0.556. The summed E-state index contributed by atoms with van der Waals surface area (Å²) in [6.07, 6.45) is 2.56. The van der Waals surface area contributed by atoms with Gasteiger partial charge in [-0.2, -0.15) is 0 Å². The van der Waals surface area contributed by atoms with E-state index >= 15 is 0 Å². The Morgan fingerprint density at radius 3 is 0.700 bits per heavy atom. The minimum Gasteiger partial charge on any atom is -0.869 e. The number of amides is 3. The second kappa shape index (κ2) is 21.4. The summed E-state index contributed by atoms with van der Waals surface area (Å²) < 4.78 is 0. The number of allylic oxidation sites excluding steroid dienone is 3. The first kappa shape index (κ1) is 43.6. The molecule has 3 amide bonds. The van der Waals surface area contributed by atoms with E-state index in [1.165, 1.54) is 42.3 Å². The van der Waals surface area contributed by atoms with Gasteiger partial charge in [0.15, 0.2) is 17.3 Å². The van der Waals surface area contributed by atoms with Gasteiger partial charge in [0, 0.05) is 60.0 Å². The van der Waals surface area contributed by atoms with Gasteiger partial charge >= 0.3 is 17.1 Å². The fourth-order valence-corrected chi connectivity index (χ4v) is 1.73. The molecule has 0 fully saturated rings. The Bertz CT molecular complexity index is 854. The van der Waals surface area contributed by atoms with Crippen molar-refractivity contribution >= 4 is 35.1 Å². The predicted octanol–water partition coefficient (Wildman–Crippen LogP) is -1.37. The molecule has 0 aromatic heterocycles. The van der Waals surface area contributed by atoms with E-state index in [4.69, 9.17) is 0 Å². The van der Waals surface area contributed by atoms with Crippen molar-refractivity contribution in [3.8, 4) is 0 Å². The second-order valence-corrected chi connectivity index (χ2v) is 9.80. The molecule has 0 bridgehead atoms. The summed E-state index contributed by atoms with van der Waals surface area (Å²) in [6.45, 7) is 10.0. The smallest absolute Gasteiger partial charge is 0.869 e. The van der Waals surface area contributed by atoms with Crippen molar-refractivity contribution < 1.29 is 61.2 Å². The molecule has 0 saturated heterocycles. The zero-order chi connectivity index (χ0) is 31.8. The quantitative estimate of drug-likeness (QED) is 0.173. The molecule has 0 aliphatic heterocycles. The van der Waals surface area contributed by atoms with Gasteiger partial charge in [-0.3, -0.25) is 28.8 Å². The maximum Gasteiger partial charge on any atom is 3.00 e. The van der Waals surface area contributed by atoms with Crippen LogP contribution in [-0.2, 0) is 45.8 Å². The van der Waals surface area contributed by atoms with Crippen LogP contribution < -0.4 is 15.3 Å². The van der Waals surface area contributed by atoms with Gasteiger partial charge in [0.1, 0.15) is 0 Å². The molecule has 0 atom stereocenters. The Kier molecular flexibility index (Phi) is 23.3. The molecule has 227 valence electrons. The number of rotatable bonds is 9. The molecule has 0 aromatic carbocycles. The van der Waals surface area contributed by atoms with Gasteiger partial charge in [0.25, 0.3) is 0 Å². The maximum absolute atomic E-state index is 11.0. The van der Waals surface area contributed by atoms with Crippen LogP contribution in [0, 0.1) is 17.8 Å². The van der Waals surface area contributed by atoms with Gasteiger partial charge in [-0.1, -0.05) is 41.5 Å². The van der Waals surface area contributed by atoms with Crippen molar-refractivity contribution in [3.05, 3.63) is 35.5 Å². The summed E-state index contributed by atoms with van der Waals surface area (Å²) in [7, 11) is 8.80. The van der Waals surface area contributed by atoms with Crippen LogP contribution in [0.5, 0.6) is 0 Å². The Balaban J connectivity index is -0.000000240. The third kappa shape index (κ3) is 19.6. The molecule has 0 saturated carbocycles. The molecule has 0 aromatic rings. The molecule has 0 unspecified atom stereocenters. The van der Waals surface area contributed by atoms with Crippen LogP contribution >= 0.6 is 0 Å². The first-order valence-electron chi connectivity index (χ1n) is 12.0. The Morgan fingerprint density at radius 1 is 0.450 bits per heavy atom. The van der Waals surface area contributed by atoms with Crippen molar-refractivity contribution in [1.29, 1.82) is 0 Å². The van der Waals surface area contributed by atoms with Crippen molar-refractivity contribution in [2.75, 3.05) is 42.3 Å². The fourth-order valence-electron chi connectivity index (χ4n) is 1.73. The molecule has 0 rings (SSSR count). The minimum atomic E-state index is -0.760. The summed E-state index contributed by atoms with van der Waals surface area (Å²) in [4.78, 5) is 69.5. The molecule has 1 radical (unpaired) electrons. The summed E-state index contributed by atoms with van der Waals surface area (Å²) in [5.74, 6) is -6.01. The number of nitrogens with zero attached hydrogens (tertiary/aromatic N) is 3. The van der Waals surface area contributed by atoms with E-state index in [0.29, 0.717) is 0 Å². The van der Waals surface area contributed by atoms with Crippen molar-refractivity contribution in [2.45, 2.75) is 41.5 Å². The van der Waals surface area contributed by atoms with E-state index < -0.39 is 35.0 Å². The van der Waals surface area contributed by atoms with E-state index in [1.807, 2.05) is 0 Å². The maximum atomic E-state index is 11.0. The molecule has 12 nitrogen and oxygen atoms in total. The Labute approximate surface area is 247 Å². The number of carbonyl (C=O) groups is 6. The normalized spacial score (nSPS) is 11.3. The van der Waals surface area contributed by atoms with Crippen LogP contribution in [0.4, 0.5) is 0 Å². The van der Waals surface area contributed by atoms with Crippen LogP contribution in [0.1, 0.15) is 41.5 Å². The van der Waals surface area contributed by atoms with Gasteiger partial charge in [0.05, 0.1) is 0 Å². The largest absolute Gasteiger partial charge is 3.00 e. The van der Waals surface area contributed by atoms with Gasteiger partial charge in [-0.05, 0) is 35.5 Å². The molecule has 40 heavy (non-hydrogen) atoms. The summed E-state index contributed by atoms with van der Waals surface area (Å²) in [5, 5.41) is 33.1. The molecular formula is C27H42FeN3O9. The van der Waals surface area contributed by atoms with Crippen LogP contribution in [0.3, 0.4) is 0 Å². The number of ketones is 3. The summed E-state index contributed by atoms with van der Waals surface area (Å²) >= 11 is 0.